The molecule has 5 heteroatoms. The zero-order valence-corrected chi connectivity index (χ0v) is 38.5. The third-order valence-electron chi connectivity index (χ3n) is 16.3. The molecule has 1 radical (unpaired) electrons. The van der Waals surface area contributed by atoms with E-state index >= 15 is 0 Å². The summed E-state index contributed by atoms with van der Waals surface area (Å²) in [6, 6.07) is 65.1. The molecule has 0 unspecified atom stereocenters. The van der Waals surface area contributed by atoms with Gasteiger partial charge >= 0.3 is 0 Å². The summed E-state index contributed by atoms with van der Waals surface area (Å²) in [6.45, 7) is 9.59. The van der Waals surface area contributed by atoms with Crippen LogP contribution in [0, 0.1) is 0 Å². The monoisotopic (exact) mass is 873 g/mol. The zero-order valence-electron chi connectivity index (χ0n) is 38.5. The second kappa shape index (κ2) is 13.2. The molecule has 0 amide bonds. The van der Waals surface area contributed by atoms with Crippen molar-refractivity contribution in [1.29, 1.82) is 0 Å². The minimum absolute atomic E-state index is 0.0572. The summed E-state index contributed by atoms with van der Waals surface area (Å²) in [5.41, 5.74) is 23.8. The topological polar surface area (TPSA) is 41.6 Å². The van der Waals surface area contributed by atoms with Crippen molar-refractivity contribution in [2.24, 2.45) is 0 Å². The molecular formula is C63H46BN2O2. The first kappa shape index (κ1) is 38.4. The molecule has 2 aromatic heterocycles. The molecular weight excluding hydrogens is 828 g/mol. The Hall–Kier alpha value is -7.76. The number of para-hydroxylation sites is 4. The number of nitrogens with zero attached hydrogens (tertiary/aromatic N) is 1. The molecule has 0 fully saturated rings. The molecule has 0 saturated carbocycles. The normalized spacial score (nSPS) is 16.3. The maximum atomic E-state index is 7.01. The molecule has 11 aromatic rings. The SMILES string of the molecule is CC1(C)CCC(C)(C)c2cc(Nc3cc4oc5ccccc5c4cc3-c3c4c(cc5oc6ccccc6c35)N3c5ccccc5C5(c6ccccc6-c6ccccc65)c5cccc(c53)[B]4)ccc21. The van der Waals surface area contributed by atoms with Gasteiger partial charge in [-0.1, -0.05) is 161 Å². The molecule has 4 nitrogen and oxygen atoms in total. The van der Waals surface area contributed by atoms with Gasteiger partial charge < -0.3 is 19.1 Å². The van der Waals surface area contributed by atoms with E-state index in [0.29, 0.717) is 0 Å². The number of rotatable bonds is 3. The van der Waals surface area contributed by atoms with Gasteiger partial charge in [0.25, 0.3) is 0 Å². The van der Waals surface area contributed by atoms with E-state index in [0.717, 1.165) is 83.9 Å². The van der Waals surface area contributed by atoms with Crippen LogP contribution in [-0.4, -0.2) is 7.28 Å². The second-order valence-corrected chi connectivity index (χ2v) is 20.9. The molecule has 2 aliphatic carbocycles. The zero-order chi connectivity index (χ0) is 45.3. The van der Waals surface area contributed by atoms with E-state index in [2.05, 4.69) is 221 Å². The van der Waals surface area contributed by atoms with E-state index in [1.807, 2.05) is 0 Å². The van der Waals surface area contributed by atoms with Gasteiger partial charge in [-0.2, -0.15) is 0 Å². The van der Waals surface area contributed by atoms with E-state index in [1.165, 1.54) is 67.8 Å². The summed E-state index contributed by atoms with van der Waals surface area (Å²) in [7, 11) is 2.46. The van der Waals surface area contributed by atoms with E-state index in [9.17, 15) is 0 Å². The highest BCUT2D eigenvalue weighted by Crippen LogP contribution is 2.63. The molecule has 4 aliphatic rings. The van der Waals surface area contributed by atoms with Gasteiger partial charge in [-0.25, -0.2) is 0 Å². The van der Waals surface area contributed by atoms with Gasteiger partial charge in [-0.3, -0.25) is 0 Å². The maximum Gasteiger partial charge on any atom is 0.197 e. The highest BCUT2D eigenvalue weighted by atomic mass is 16.3. The molecule has 0 atom stereocenters. The lowest BCUT2D eigenvalue weighted by Gasteiger charge is -2.48. The second-order valence-electron chi connectivity index (χ2n) is 20.9. The van der Waals surface area contributed by atoms with Crippen molar-refractivity contribution in [3.05, 3.63) is 209 Å². The van der Waals surface area contributed by atoms with E-state index in [1.54, 1.807) is 0 Å². The van der Waals surface area contributed by atoms with Gasteiger partial charge in [-0.05, 0) is 116 Å². The fourth-order valence-electron chi connectivity index (χ4n) is 13.1. The Morgan fingerprint density at radius 1 is 0.471 bits per heavy atom. The van der Waals surface area contributed by atoms with Crippen molar-refractivity contribution >= 4 is 90.5 Å². The minimum atomic E-state index is -0.508. The van der Waals surface area contributed by atoms with Crippen molar-refractivity contribution in [2.45, 2.75) is 56.8 Å². The molecule has 323 valence electrons. The van der Waals surface area contributed by atoms with Crippen molar-refractivity contribution in [3.8, 4) is 22.3 Å². The van der Waals surface area contributed by atoms with Gasteiger partial charge in [0.05, 0.1) is 16.8 Å². The van der Waals surface area contributed by atoms with E-state index < -0.39 is 5.41 Å². The molecule has 4 heterocycles. The van der Waals surface area contributed by atoms with Crippen LogP contribution in [0.4, 0.5) is 28.4 Å². The molecule has 15 rings (SSSR count). The van der Waals surface area contributed by atoms with Crippen LogP contribution < -0.4 is 21.1 Å². The van der Waals surface area contributed by atoms with Crippen molar-refractivity contribution in [2.75, 3.05) is 10.2 Å². The van der Waals surface area contributed by atoms with Crippen LogP contribution in [0.25, 0.3) is 66.1 Å². The van der Waals surface area contributed by atoms with Crippen molar-refractivity contribution in [3.63, 3.8) is 0 Å². The fraction of sp³-hybridized carbons (Fsp3) is 0.143. The molecule has 1 N–H and O–H groups in total. The lowest BCUT2D eigenvalue weighted by atomic mass is 9.54. The summed E-state index contributed by atoms with van der Waals surface area (Å²) in [4.78, 5) is 2.55. The number of nitrogens with one attached hydrogen (secondary N) is 1. The Bertz CT molecular complexity index is 3970. The van der Waals surface area contributed by atoms with Crippen LogP contribution in [0.2, 0.25) is 0 Å². The molecule has 2 aliphatic heterocycles. The Kier molecular flexibility index (Phi) is 7.46. The number of anilines is 5. The average molecular weight is 874 g/mol. The number of hydrogen-bond acceptors (Lipinski definition) is 4. The first-order valence-electron chi connectivity index (χ1n) is 24.1. The number of fused-ring (bicyclic) bond motifs is 18. The van der Waals surface area contributed by atoms with Crippen LogP contribution >= 0.6 is 0 Å². The van der Waals surface area contributed by atoms with Crippen LogP contribution in [0.1, 0.15) is 73.9 Å². The smallest absolute Gasteiger partial charge is 0.197 e. The van der Waals surface area contributed by atoms with E-state index in [-0.39, 0.29) is 10.8 Å². The lowest BCUT2D eigenvalue weighted by Crippen LogP contribution is -2.47. The summed E-state index contributed by atoms with van der Waals surface area (Å²) >= 11 is 0. The lowest BCUT2D eigenvalue weighted by molar-refractivity contribution is 0.332. The third kappa shape index (κ3) is 4.91. The van der Waals surface area contributed by atoms with Crippen LogP contribution in [-0.2, 0) is 16.2 Å². The van der Waals surface area contributed by atoms with Crippen LogP contribution in [0.5, 0.6) is 0 Å². The molecule has 0 saturated heterocycles. The van der Waals surface area contributed by atoms with Crippen molar-refractivity contribution in [1.82, 2.24) is 0 Å². The van der Waals surface area contributed by atoms with Gasteiger partial charge in [0.2, 0.25) is 0 Å². The standard InChI is InChI=1S/C63H46BN2O2/c1-61(2)30-31-62(3,4)48-32-36(28-29-45(48)61)65-50-34-55-41(39-18-7-13-26-53(39)67-55)33-42(50)58-57-40-19-8-14-27-54(40)68-56(57)35-52-59(58)64-49-24-15-23-47-60(49)66(52)51-25-12-11-22-46(51)63(47)43-20-9-5-16-37(43)38-17-6-10-21-44(38)63/h5-29,32-35,65H,30-31H2,1-4H3. The summed E-state index contributed by atoms with van der Waals surface area (Å²) in [5.74, 6) is 0. The number of hydrogen-bond donors (Lipinski definition) is 1. The number of benzene rings is 9. The van der Waals surface area contributed by atoms with E-state index in [4.69, 9.17) is 8.83 Å². The minimum Gasteiger partial charge on any atom is -0.456 e. The summed E-state index contributed by atoms with van der Waals surface area (Å²) < 4.78 is 13.7. The molecule has 68 heavy (non-hydrogen) atoms. The van der Waals surface area contributed by atoms with Gasteiger partial charge in [0.1, 0.15) is 22.3 Å². The predicted molar refractivity (Wildman–Crippen MR) is 282 cm³/mol. The third-order valence-corrected chi connectivity index (χ3v) is 16.3. The van der Waals surface area contributed by atoms with Gasteiger partial charge in [0.15, 0.2) is 7.28 Å². The Labute approximate surface area is 396 Å². The highest BCUT2D eigenvalue weighted by Gasteiger charge is 2.53. The highest BCUT2D eigenvalue weighted by molar-refractivity contribution is 6.74. The number of furan rings is 2. The fourth-order valence-corrected chi connectivity index (χ4v) is 13.1. The summed E-state index contributed by atoms with van der Waals surface area (Å²) in [5, 5.41) is 8.41. The van der Waals surface area contributed by atoms with Crippen LogP contribution in [0.15, 0.2) is 185 Å². The molecule has 0 bridgehead atoms. The maximum absolute atomic E-state index is 7.01. The van der Waals surface area contributed by atoms with Crippen molar-refractivity contribution < 1.29 is 8.83 Å². The predicted octanol–water partition coefficient (Wildman–Crippen LogP) is 15.4. The van der Waals surface area contributed by atoms with Gasteiger partial charge in [0, 0.05) is 56.3 Å². The Balaban J connectivity index is 1.03. The first-order chi connectivity index (χ1) is 33.2. The Morgan fingerprint density at radius 2 is 1.10 bits per heavy atom. The quantitative estimate of drug-likeness (QED) is 0.180. The van der Waals surface area contributed by atoms with Crippen LogP contribution in [0.3, 0.4) is 0 Å². The average Bonchev–Trinajstić information content (AvgIpc) is 4.01. The largest absolute Gasteiger partial charge is 0.456 e. The molecule has 1 spiro atoms. The molecule has 9 aromatic carbocycles. The van der Waals surface area contributed by atoms with Gasteiger partial charge in [-0.15, -0.1) is 0 Å². The Morgan fingerprint density at radius 3 is 1.88 bits per heavy atom. The first-order valence-corrected chi connectivity index (χ1v) is 24.1. The summed E-state index contributed by atoms with van der Waals surface area (Å²) in [6.07, 6.45) is 2.32.